The van der Waals surface area contributed by atoms with Gasteiger partial charge in [-0.3, -0.25) is 0 Å². The third-order valence-electron chi connectivity index (χ3n) is 5.06. The third kappa shape index (κ3) is 3.34. The van der Waals surface area contributed by atoms with Gasteiger partial charge in [-0.25, -0.2) is 0 Å². The maximum atomic E-state index is 6.49. The van der Waals surface area contributed by atoms with Crippen molar-refractivity contribution in [2.75, 3.05) is 40.3 Å². The zero-order valence-corrected chi connectivity index (χ0v) is 17.0. The van der Waals surface area contributed by atoms with Crippen LogP contribution in [0.5, 0.6) is 5.75 Å². The first-order valence-electron chi connectivity index (χ1n) is 8.87. The molecule has 0 saturated carbocycles. The fourth-order valence-electron chi connectivity index (χ4n) is 3.48. The standard InChI is InChI=1S/C21H23ClN2OS/c1-14-4-5-15-11-18(24-8-6-23(2)7-9-24)16-12-17(22)19(25-3)13-21(16)26-20(15)10-14/h4-5,10-13H,6-9H2,1-3H3. The van der Waals surface area contributed by atoms with Crippen LogP contribution in [0.1, 0.15) is 16.7 Å². The molecule has 2 aliphatic heterocycles. The summed E-state index contributed by atoms with van der Waals surface area (Å²) < 4.78 is 5.47. The second-order valence-electron chi connectivity index (χ2n) is 6.95. The molecule has 1 fully saturated rings. The summed E-state index contributed by atoms with van der Waals surface area (Å²) in [6.07, 6.45) is 2.32. The SMILES string of the molecule is COc1cc2c(cc1Cl)C(N1CCN(C)CC1)=Cc1ccc(C)cc1S2. The average molecular weight is 387 g/mol. The van der Waals surface area contributed by atoms with Gasteiger partial charge in [-0.15, -0.1) is 0 Å². The molecular formula is C21H23ClN2OS. The van der Waals surface area contributed by atoms with E-state index in [1.807, 2.05) is 0 Å². The van der Waals surface area contributed by atoms with E-state index in [0.29, 0.717) is 5.02 Å². The van der Waals surface area contributed by atoms with Gasteiger partial charge in [0.15, 0.2) is 0 Å². The molecule has 0 unspecified atom stereocenters. The zero-order valence-electron chi connectivity index (χ0n) is 15.4. The lowest BCUT2D eigenvalue weighted by Gasteiger charge is -2.36. The number of aryl methyl sites for hydroxylation is 1. The van der Waals surface area contributed by atoms with E-state index in [1.54, 1.807) is 18.9 Å². The van der Waals surface area contributed by atoms with E-state index >= 15 is 0 Å². The highest BCUT2D eigenvalue weighted by molar-refractivity contribution is 7.99. The summed E-state index contributed by atoms with van der Waals surface area (Å²) in [7, 11) is 3.85. The summed E-state index contributed by atoms with van der Waals surface area (Å²) in [4.78, 5) is 7.33. The van der Waals surface area contributed by atoms with Crippen molar-refractivity contribution in [3.63, 3.8) is 0 Å². The first-order valence-corrected chi connectivity index (χ1v) is 10.1. The van der Waals surface area contributed by atoms with Gasteiger partial charge in [0.2, 0.25) is 0 Å². The van der Waals surface area contributed by atoms with Crippen LogP contribution < -0.4 is 4.74 Å². The molecule has 136 valence electrons. The molecule has 0 aliphatic carbocycles. The minimum Gasteiger partial charge on any atom is -0.495 e. The number of piperazine rings is 1. The molecule has 2 aromatic carbocycles. The van der Waals surface area contributed by atoms with E-state index in [0.717, 1.165) is 31.9 Å². The molecule has 0 bridgehead atoms. The number of nitrogens with zero attached hydrogens (tertiary/aromatic N) is 2. The van der Waals surface area contributed by atoms with Crippen molar-refractivity contribution >= 4 is 35.1 Å². The summed E-state index contributed by atoms with van der Waals surface area (Å²) in [6.45, 7) is 6.34. The smallest absolute Gasteiger partial charge is 0.138 e. The third-order valence-corrected chi connectivity index (χ3v) is 6.48. The van der Waals surface area contributed by atoms with E-state index in [9.17, 15) is 0 Å². The summed E-state index contributed by atoms with van der Waals surface area (Å²) in [6, 6.07) is 10.8. The Hall–Kier alpha value is -1.62. The fourth-order valence-corrected chi connectivity index (χ4v) is 4.88. The van der Waals surface area contributed by atoms with Gasteiger partial charge < -0.3 is 14.5 Å². The van der Waals surface area contributed by atoms with Crippen LogP contribution in [0.3, 0.4) is 0 Å². The molecule has 2 aromatic rings. The number of halogens is 1. The highest BCUT2D eigenvalue weighted by atomic mass is 35.5. The Morgan fingerprint density at radius 3 is 2.54 bits per heavy atom. The van der Waals surface area contributed by atoms with Crippen molar-refractivity contribution < 1.29 is 4.74 Å². The van der Waals surface area contributed by atoms with Crippen LogP contribution >= 0.6 is 23.4 Å². The number of benzene rings is 2. The molecule has 0 spiro atoms. The summed E-state index contributed by atoms with van der Waals surface area (Å²) >= 11 is 8.29. The van der Waals surface area contributed by atoms with Crippen LogP contribution in [0.4, 0.5) is 0 Å². The van der Waals surface area contributed by atoms with E-state index < -0.39 is 0 Å². The van der Waals surface area contributed by atoms with Crippen LogP contribution in [-0.2, 0) is 0 Å². The first kappa shape index (κ1) is 17.8. The lowest BCUT2D eigenvalue weighted by molar-refractivity contribution is 0.207. The van der Waals surface area contributed by atoms with Crippen LogP contribution in [0.2, 0.25) is 5.02 Å². The van der Waals surface area contributed by atoms with Gasteiger partial charge >= 0.3 is 0 Å². The summed E-state index contributed by atoms with van der Waals surface area (Å²) in [5.74, 6) is 0.728. The highest BCUT2D eigenvalue weighted by Gasteiger charge is 2.24. The van der Waals surface area contributed by atoms with Gasteiger partial charge in [0.05, 0.1) is 12.1 Å². The highest BCUT2D eigenvalue weighted by Crippen LogP contribution is 2.45. The molecule has 26 heavy (non-hydrogen) atoms. The average Bonchev–Trinajstić information content (AvgIpc) is 2.78. The Labute approximate surface area is 164 Å². The maximum Gasteiger partial charge on any atom is 0.138 e. The Bertz CT molecular complexity index is 873. The minimum absolute atomic E-state index is 0.661. The van der Waals surface area contributed by atoms with Gasteiger partial charge in [0.25, 0.3) is 0 Å². The molecule has 0 atom stereocenters. The van der Waals surface area contributed by atoms with Gasteiger partial charge in [-0.1, -0.05) is 35.5 Å². The molecule has 1 saturated heterocycles. The predicted molar refractivity (Wildman–Crippen MR) is 110 cm³/mol. The molecule has 0 aromatic heterocycles. The number of rotatable bonds is 2. The minimum atomic E-state index is 0.661. The molecule has 3 nitrogen and oxygen atoms in total. The second kappa shape index (κ2) is 7.18. The van der Waals surface area contributed by atoms with Gasteiger partial charge in [-0.2, -0.15) is 0 Å². The second-order valence-corrected chi connectivity index (χ2v) is 8.44. The molecule has 0 radical (unpaired) electrons. The van der Waals surface area contributed by atoms with Crippen LogP contribution in [-0.4, -0.2) is 50.1 Å². The van der Waals surface area contributed by atoms with Crippen molar-refractivity contribution in [3.05, 3.63) is 52.0 Å². The Balaban J connectivity index is 1.87. The van der Waals surface area contributed by atoms with Crippen molar-refractivity contribution in [3.8, 4) is 5.75 Å². The van der Waals surface area contributed by atoms with Crippen LogP contribution in [0.25, 0.3) is 11.8 Å². The topological polar surface area (TPSA) is 15.7 Å². The number of hydrogen-bond acceptors (Lipinski definition) is 4. The van der Waals surface area contributed by atoms with Gasteiger partial charge in [-0.05, 0) is 49.4 Å². The Morgan fingerprint density at radius 1 is 1.04 bits per heavy atom. The van der Waals surface area contributed by atoms with Crippen LogP contribution in [0, 0.1) is 6.92 Å². The number of ether oxygens (including phenoxy) is 1. The van der Waals surface area contributed by atoms with E-state index in [2.05, 4.69) is 60.2 Å². The molecule has 2 aliphatic rings. The summed E-state index contributed by atoms with van der Waals surface area (Å²) in [5, 5.41) is 0.661. The lowest BCUT2D eigenvalue weighted by Crippen LogP contribution is -2.43. The first-order chi connectivity index (χ1) is 12.5. The quantitative estimate of drug-likeness (QED) is 0.731. The van der Waals surface area contributed by atoms with Gasteiger partial charge in [0, 0.05) is 47.2 Å². The van der Waals surface area contributed by atoms with Crippen LogP contribution in [0.15, 0.2) is 40.1 Å². The number of fused-ring (bicyclic) bond motifs is 2. The van der Waals surface area contributed by atoms with Crippen molar-refractivity contribution in [2.45, 2.75) is 16.7 Å². The molecule has 2 heterocycles. The van der Waals surface area contributed by atoms with Crippen molar-refractivity contribution in [1.82, 2.24) is 9.80 Å². The van der Waals surface area contributed by atoms with E-state index in [1.165, 1.54) is 32.2 Å². The van der Waals surface area contributed by atoms with E-state index in [-0.39, 0.29) is 0 Å². The number of hydrogen-bond donors (Lipinski definition) is 0. The molecule has 4 rings (SSSR count). The van der Waals surface area contributed by atoms with E-state index in [4.69, 9.17) is 16.3 Å². The zero-order chi connectivity index (χ0) is 18.3. The molecular weight excluding hydrogens is 364 g/mol. The maximum absolute atomic E-state index is 6.49. The Morgan fingerprint density at radius 2 is 1.81 bits per heavy atom. The van der Waals surface area contributed by atoms with Crippen molar-refractivity contribution in [1.29, 1.82) is 0 Å². The lowest BCUT2D eigenvalue weighted by atomic mass is 10.1. The normalized spacial score (nSPS) is 17.2. The fraction of sp³-hybridized carbons (Fsp3) is 0.333. The molecule has 0 amide bonds. The number of likely N-dealkylation sites (N-methyl/N-ethyl adjacent to an activating group) is 1. The van der Waals surface area contributed by atoms with Crippen molar-refractivity contribution in [2.24, 2.45) is 0 Å². The number of methoxy groups -OCH3 is 1. The predicted octanol–water partition coefficient (Wildman–Crippen LogP) is 4.87. The molecule has 0 N–H and O–H groups in total. The largest absolute Gasteiger partial charge is 0.495 e. The Kier molecular flexibility index (Phi) is 4.91. The molecule has 5 heteroatoms. The van der Waals surface area contributed by atoms with Gasteiger partial charge in [0.1, 0.15) is 5.75 Å². The summed E-state index contributed by atoms with van der Waals surface area (Å²) in [5.41, 5.74) is 4.99. The monoisotopic (exact) mass is 386 g/mol.